The maximum atomic E-state index is 5.79. The number of hydrogen-bond donors (Lipinski definition) is 0. The molecule has 19 heavy (non-hydrogen) atoms. The van der Waals surface area contributed by atoms with Crippen molar-refractivity contribution in [2.45, 2.75) is 26.9 Å². The van der Waals surface area contributed by atoms with Crippen LogP contribution in [-0.4, -0.2) is 31.1 Å². The van der Waals surface area contributed by atoms with Gasteiger partial charge in [-0.2, -0.15) is 0 Å². The highest BCUT2D eigenvalue weighted by molar-refractivity contribution is 5.14. The smallest absolute Gasteiger partial charge is 0.0721 e. The minimum absolute atomic E-state index is 0.716. The molecule has 2 heteroatoms. The van der Waals surface area contributed by atoms with Gasteiger partial charge in [0.2, 0.25) is 0 Å². The van der Waals surface area contributed by atoms with Crippen molar-refractivity contribution in [2.75, 3.05) is 26.2 Å². The number of ether oxygens (including phenoxy) is 1. The van der Waals surface area contributed by atoms with E-state index < -0.39 is 0 Å². The van der Waals surface area contributed by atoms with Gasteiger partial charge in [-0.25, -0.2) is 0 Å². The molecule has 0 spiro atoms. The Morgan fingerprint density at radius 2 is 1.95 bits per heavy atom. The Hall–Kier alpha value is -1.12. The van der Waals surface area contributed by atoms with E-state index in [4.69, 9.17) is 4.74 Å². The summed E-state index contributed by atoms with van der Waals surface area (Å²) in [7, 11) is 0. The van der Waals surface area contributed by atoms with Crippen LogP contribution in [0.5, 0.6) is 0 Å². The fourth-order valence-electron chi connectivity index (χ4n) is 2.44. The van der Waals surface area contributed by atoms with E-state index in [0.29, 0.717) is 6.61 Å². The molecule has 0 aliphatic carbocycles. The first-order valence-electron chi connectivity index (χ1n) is 7.26. The van der Waals surface area contributed by atoms with E-state index >= 15 is 0 Å². The fourth-order valence-corrected chi connectivity index (χ4v) is 2.44. The lowest BCUT2D eigenvalue weighted by Gasteiger charge is -2.27. The summed E-state index contributed by atoms with van der Waals surface area (Å²) in [5.41, 5.74) is 2.70. The molecule has 104 valence electrons. The van der Waals surface area contributed by atoms with Crippen LogP contribution in [0.15, 0.2) is 42.0 Å². The monoisotopic (exact) mass is 259 g/mol. The SMILES string of the molecule is CC(C)CN1CC=C(COCc2ccccc2)CC1. The average molecular weight is 259 g/mol. The van der Waals surface area contributed by atoms with Crippen LogP contribution in [0.2, 0.25) is 0 Å². The molecular formula is C17H25NO. The first kappa shape index (κ1) is 14.3. The Labute approximate surface area is 117 Å². The summed E-state index contributed by atoms with van der Waals surface area (Å²) in [6.45, 7) is 9.53. The third-order valence-electron chi connectivity index (χ3n) is 3.41. The third-order valence-corrected chi connectivity index (χ3v) is 3.41. The van der Waals surface area contributed by atoms with Crippen LogP contribution in [0.4, 0.5) is 0 Å². The zero-order chi connectivity index (χ0) is 13.5. The van der Waals surface area contributed by atoms with Gasteiger partial charge < -0.3 is 4.74 Å². The molecule has 1 aromatic carbocycles. The quantitative estimate of drug-likeness (QED) is 0.725. The predicted octanol–water partition coefficient (Wildman–Crippen LogP) is 3.49. The van der Waals surface area contributed by atoms with E-state index in [0.717, 1.165) is 25.5 Å². The van der Waals surface area contributed by atoms with Gasteiger partial charge in [0.25, 0.3) is 0 Å². The van der Waals surface area contributed by atoms with Gasteiger partial charge in [0.15, 0.2) is 0 Å². The lowest BCUT2D eigenvalue weighted by molar-refractivity contribution is 0.136. The molecule has 0 aromatic heterocycles. The third kappa shape index (κ3) is 5.17. The van der Waals surface area contributed by atoms with E-state index in [1.807, 2.05) is 6.07 Å². The van der Waals surface area contributed by atoms with E-state index in [1.165, 1.54) is 24.2 Å². The van der Waals surface area contributed by atoms with Crippen LogP contribution in [-0.2, 0) is 11.3 Å². The molecule has 0 unspecified atom stereocenters. The molecular weight excluding hydrogens is 234 g/mol. The molecule has 0 bridgehead atoms. The second-order valence-electron chi connectivity index (χ2n) is 5.74. The first-order valence-corrected chi connectivity index (χ1v) is 7.26. The lowest BCUT2D eigenvalue weighted by Crippen LogP contribution is -2.32. The van der Waals surface area contributed by atoms with Gasteiger partial charge in [-0.05, 0) is 23.5 Å². The van der Waals surface area contributed by atoms with Crippen molar-refractivity contribution in [1.82, 2.24) is 4.90 Å². The van der Waals surface area contributed by atoms with Crippen molar-refractivity contribution in [2.24, 2.45) is 5.92 Å². The molecule has 1 aliphatic rings. The lowest BCUT2D eigenvalue weighted by atomic mass is 10.1. The van der Waals surface area contributed by atoms with Gasteiger partial charge >= 0.3 is 0 Å². The van der Waals surface area contributed by atoms with E-state index in [2.05, 4.69) is 49.1 Å². The summed E-state index contributed by atoms with van der Waals surface area (Å²) in [5.74, 6) is 0.754. The van der Waals surface area contributed by atoms with E-state index in [-0.39, 0.29) is 0 Å². The number of nitrogens with zero attached hydrogens (tertiary/aromatic N) is 1. The zero-order valence-corrected chi connectivity index (χ0v) is 12.1. The molecule has 0 fully saturated rings. The van der Waals surface area contributed by atoms with Crippen molar-refractivity contribution in [1.29, 1.82) is 0 Å². The molecule has 0 saturated carbocycles. The Morgan fingerprint density at radius 3 is 2.58 bits per heavy atom. The van der Waals surface area contributed by atoms with E-state index in [1.54, 1.807) is 0 Å². The first-order chi connectivity index (χ1) is 9.24. The molecule has 1 aromatic rings. The molecule has 1 heterocycles. The van der Waals surface area contributed by atoms with Gasteiger partial charge in [-0.15, -0.1) is 0 Å². The second kappa shape index (κ2) is 7.46. The second-order valence-corrected chi connectivity index (χ2v) is 5.74. The zero-order valence-electron chi connectivity index (χ0n) is 12.1. The van der Waals surface area contributed by atoms with Crippen LogP contribution < -0.4 is 0 Å². The van der Waals surface area contributed by atoms with Crippen LogP contribution in [0.1, 0.15) is 25.8 Å². The molecule has 1 aliphatic heterocycles. The maximum Gasteiger partial charge on any atom is 0.0721 e. The molecule has 0 saturated heterocycles. The van der Waals surface area contributed by atoms with Crippen LogP contribution in [0.25, 0.3) is 0 Å². The van der Waals surface area contributed by atoms with Crippen LogP contribution >= 0.6 is 0 Å². The van der Waals surface area contributed by atoms with Gasteiger partial charge in [0.1, 0.15) is 0 Å². The Bertz CT molecular complexity index is 397. The largest absolute Gasteiger partial charge is 0.372 e. The topological polar surface area (TPSA) is 12.5 Å². The molecule has 0 radical (unpaired) electrons. The summed E-state index contributed by atoms with van der Waals surface area (Å²) < 4.78 is 5.79. The highest BCUT2D eigenvalue weighted by Crippen LogP contribution is 2.13. The Balaban J connectivity index is 1.69. The summed E-state index contributed by atoms with van der Waals surface area (Å²) in [6.07, 6.45) is 3.50. The summed E-state index contributed by atoms with van der Waals surface area (Å²) in [5, 5.41) is 0. The van der Waals surface area contributed by atoms with Crippen LogP contribution in [0.3, 0.4) is 0 Å². The van der Waals surface area contributed by atoms with Crippen molar-refractivity contribution >= 4 is 0 Å². The molecule has 0 atom stereocenters. The summed E-state index contributed by atoms with van der Waals surface area (Å²) >= 11 is 0. The maximum absolute atomic E-state index is 5.79. The van der Waals surface area contributed by atoms with Crippen molar-refractivity contribution < 1.29 is 4.74 Å². The minimum atomic E-state index is 0.716. The average Bonchev–Trinajstić information content (AvgIpc) is 2.41. The van der Waals surface area contributed by atoms with Crippen molar-refractivity contribution in [3.8, 4) is 0 Å². The normalized spacial score (nSPS) is 16.7. The highest BCUT2D eigenvalue weighted by atomic mass is 16.5. The Morgan fingerprint density at radius 1 is 1.16 bits per heavy atom. The van der Waals surface area contributed by atoms with Gasteiger partial charge in [-0.1, -0.05) is 50.3 Å². The van der Waals surface area contributed by atoms with Crippen LogP contribution in [0, 0.1) is 5.92 Å². The molecule has 0 amide bonds. The van der Waals surface area contributed by atoms with Crippen molar-refractivity contribution in [3.05, 3.63) is 47.5 Å². The fraction of sp³-hybridized carbons (Fsp3) is 0.529. The predicted molar refractivity (Wildman–Crippen MR) is 80.1 cm³/mol. The summed E-state index contributed by atoms with van der Waals surface area (Å²) in [4.78, 5) is 2.52. The van der Waals surface area contributed by atoms with Gasteiger partial charge in [-0.3, -0.25) is 4.90 Å². The number of hydrogen-bond acceptors (Lipinski definition) is 2. The molecule has 0 N–H and O–H groups in total. The van der Waals surface area contributed by atoms with Gasteiger partial charge in [0.05, 0.1) is 13.2 Å². The standard InChI is InChI=1S/C17H25NO/c1-15(2)12-18-10-8-17(9-11-18)14-19-13-16-6-4-3-5-7-16/h3-8,15H,9-14H2,1-2H3. The number of rotatable bonds is 6. The minimum Gasteiger partial charge on any atom is -0.372 e. The van der Waals surface area contributed by atoms with Gasteiger partial charge in [0, 0.05) is 19.6 Å². The summed E-state index contributed by atoms with van der Waals surface area (Å²) in [6, 6.07) is 10.4. The molecule has 2 nitrogen and oxygen atoms in total. The molecule has 2 rings (SSSR count). The highest BCUT2D eigenvalue weighted by Gasteiger charge is 2.12. The Kier molecular flexibility index (Phi) is 5.62. The van der Waals surface area contributed by atoms with Crippen molar-refractivity contribution in [3.63, 3.8) is 0 Å². The van der Waals surface area contributed by atoms with E-state index in [9.17, 15) is 0 Å². The number of benzene rings is 1.